The number of aliphatic hydroxyl groups is 1. The van der Waals surface area contributed by atoms with Crippen molar-refractivity contribution in [2.24, 2.45) is 23.2 Å². The Hall–Kier alpha value is -0.610. The highest BCUT2D eigenvalue weighted by Gasteiger charge is 2.54. The summed E-state index contributed by atoms with van der Waals surface area (Å²) in [5.41, 5.74) is -0.942. The molecule has 1 amide bonds. The molecule has 4 saturated carbocycles. The van der Waals surface area contributed by atoms with Gasteiger partial charge < -0.3 is 15.2 Å². The number of amides is 1. The van der Waals surface area contributed by atoms with Gasteiger partial charge in [0.1, 0.15) is 5.60 Å². The van der Waals surface area contributed by atoms with E-state index in [0.29, 0.717) is 26.2 Å². The Kier molecular flexibility index (Phi) is 2.90. The average Bonchev–Trinajstić information content (AvgIpc) is 2.82. The maximum atomic E-state index is 12.7. The van der Waals surface area contributed by atoms with Crippen LogP contribution in [-0.4, -0.2) is 36.4 Å². The fourth-order valence-electron chi connectivity index (χ4n) is 5.56. The van der Waals surface area contributed by atoms with Crippen molar-refractivity contribution in [1.29, 1.82) is 0 Å². The van der Waals surface area contributed by atoms with Crippen LogP contribution in [0.1, 0.15) is 44.9 Å². The van der Waals surface area contributed by atoms with Crippen molar-refractivity contribution in [3.63, 3.8) is 0 Å². The lowest BCUT2D eigenvalue weighted by atomic mass is 9.49. The van der Waals surface area contributed by atoms with Crippen LogP contribution in [0.25, 0.3) is 0 Å². The van der Waals surface area contributed by atoms with Crippen LogP contribution in [0.2, 0.25) is 0 Å². The second kappa shape index (κ2) is 4.44. The third-order valence-electron chi connectivity index (χ3n) is 6.18. The fourth-order valence-corrected chi connectivity index (χ4v) is 5.56. The van der Waals surface area contributed by atoms with Gasteiger partial charge in [-0.15, -0.1) is 0 Å². The van der Waals surface area contributed by atoms with E-state index in [2.05, 4.69) is 5.32 Å². The van der Waals surface area contributed by atoms with E-state index in [1.165, 1.54) is 19.3 Å². The molecule has 5 fully saturated rings. The summed E-state index contributed by atoms with van der Waals surface area (Å²) in [7, 11) is 0. The van der Waals surface area contributed by atoms with E-state index in [1.54, 1.807) is 0 Å². The van der Waals surface area contributed by atoms with Crippen LogP contribution < -0.4 is 5.32 Å². The molecule has 0 spiro atoms. The van der Waals surface area contributed by atoms with Gasteiger partial charge in [0.2, 0.25) is 5.91 Å². The summed E-state index contributed by atoms with van der Waals surface area (Å²) in [5, 5.41) is 13.3. The number of hydrogen-bond donors (Lipinski definition) is 2. The van der Waals surface area contributed by atoms with Gasteiger partial charge in [0.15, 0.2) is 0 Å². The molecular formula is C16H25NO3. The Morgan fingerprint density at radius 2 is 1.75 bits per heavy atom. The summed E-state index contributed by atoms with van der Waals surface area (Å²) in [6, 6.07) is 0. The molecule has 1 aliphatic heterocycles. The van der Waals surface area contributed by atoms with Crippen molar-refractivity contribution in [3.05, 3.63) is 0 Å². The predicted octanol–water partition coefficient (Wildman–Crippen LogP) is 1.47. The minimum absolute atomic E-state index is 0.107. The smallest absolute Gasteiger partial charge is 0.226 e. The average molecular weight is 279 g/mol. The number of hydrogen-bond acceptors (Lipinski definition) is 3. The molecule has 20 heavy (non-hydrogen) atoms. The zero-order valence-corrected chi connectivity index (χ0v) is 12.1. The zero-order valence-electron chi connectivity index (χ0n) is 12.1. The van der Waals surface area contributed by atoms with E-state index in [4.69, 9.17) is 4.74 Å². The maximum Gasteiger partial charge on any atom is 0.226 e. The van der Waals surface area contributed by atoms with Crippen LogP contribution in [0.5, 0.6) is 0 Å². The van der Waals surface area contributed by atoms with E-state index >= 15 is 0 Å². The topological polar surface area (TPSA) is 58.6 Å². The SMILES string of the molecule is O=C(NC[C@@]1(O)CCOC1)C12CC3CC(CC(C3)C1)C2. The van der Waals surface area contributed by atoms with E-state index in [-0.39, 0.29) is 11.3 Å². The molecule has 1 heterocycles. The molecular weight excluding hydrogens is 254 g/mol. The first-order chi connectivity index (χ1) is 9.57. The minimum Gasteiger partial charge on any atom is -0.386 e. The molecule has 4 heteroatoms. The van der Waals surface area contributed by atoms with Crippen LogP contribution in [0.4, 0.5) is 0 Å². The van der Waals surface area contributed by atoms with Crippen LogP contribution in [0.3, 0.4) is 0 Å². The van der Waals surface area contributed by atoms with Gasteiger partial charge in [-0.2, -0.15) is 0 Å². The van der Waals surface area contributed by atoms with Crippen molar-refractivity contribution < 1.29 is 14.6 Å². The van der Waals surface area contributed by atoms with E-state index < -0.39 is 5.60 Å². The Morgan fingerprint density at radius 3 is 2.25 bits per heavy atom. The second-order valence-corrected chi connectivity index (χ2v) is 7.91. The van der Waals surface area contributed by atoms with Crippen molar-refractivity contribution in [2.45, 2.75) is 50.5 Å². The van der Waals surface area contributed by atoms with Crippen LogP contribution in [-0.2, 0) is 9.53 Å². The Balaban J connectivity index is 1.43. The van der Waals surface area contributed by atoms with Crippen molar-refractivity contribution in [2.75, 3.05) is 19.8 Å². The van der Waals surface area contributed by atoms with Gasteiger partial charge in [-0.3, -0.25) is 4.79 Å². The molecule has 5 rings (SSSR count). The molecule has 1 saturated heterocycles. The number of carbonyl (C=O) groups excluding carboxylic acids is 1. The standard InChI is InChI=1S/C16H25NO3/c18-14(17-9-16(19)1-2-20-10-16)15-6-11-3-12(7-15)5-13(4-11)8-15/h11-13,19H,1-10H2,(H,17,18)/t11?,12?,13?,15?,16-/m0/s1. The maximum absolute atomic E-state index is 12.7. The third-order valence-corrected chi connectivity index (χ3v) is 6.18. The van der Waals surface area contributed by atoms with Crippen molar-refractivity contribution in [3.8, 4) is 0 Å². The molecule has 0 aromatic carbocycles. The number of ether oxygens (including phenoxy) is 1. The lowest BCUT2D eigenvalue weighted by Gasteiger charge is -2.55. The van der Waals surface area contributed by atoms with Gasteiger partial charge in [-0.1, -0.05) is 0 Å². The van der Waals surface area contributed by atoms with Gasteiger partial charge in [-0.25, -0.2) is 0 Å². The lowest BCUT2D eigenvalue weighted by molar-refractivity contribution is -0.147. The highest BCUT2D eigenvalue weighted by molar-refractivity contribution is 5.83. The monoisotopic (exact) mass is 279 g/mol. The highest BCUT2D eigenvalue weighted by atomic mass is 16.5. The molecule has 0 radical (unpaired) electrons. The molecule has 2 N–H and O–H groups in total. The van der Waals surface area contributed by atoms with Gasteiger partial charge in [0.05, 0.1) is 6.61 Å². The van der Waals surface area contributed by atoms with Crippen molar-refractivity contribution >= 4 is 5.91 Å². The first-order valence-electron chi connectivity index (χ1n) is 8.15. The normalized spacial score (nSPS) is 49.5. The molecule has 1 atom stereocenters. The summed E-state index contributed by atoms with van der Waals surface area (Å²) >= 11 is 0. The summed E-state index contributed by atoms with van der Waals surface area (Å²) in [5.74, 6) is 2.55. The van der Waals surface area contributed by atoms with Crippen LogP contribution >= 0.6 is 0 Å². The molecule has 0 unspecified atom stereocenters. The molecule has 0 aromatic heterocycles. The number of nitrogens with one attached hydrogen (secondary N) is 1. The van der Waals surface area contributed by atoms with Crippen LogP contribution in [0, 0.1) is 23.2 Å². The number of rotatable bonds is 3. The van der Waals surface area contributed by atoms with Gasteiger partial charge >= 0.3 is 0 Å². The molecule has 0 aromatic rings. The van der Waals surface area contributed by atoms with Gasteiger partial charge in [0, 0.05) is 25.0 Å². The first kappa shape index (κ1) is 13.1. The molecule has 5 aliphatic rings. The third kappa shape index (κ3) is 2.08. The molecule has 112 valence electrons. The van der Waals surface area contributed by atoms with Crippen molar-refractivity contribution in [1.82, 2.24) is 5.32 Å². The Labute approximate surface area is 120 Å². The second-order valence-electron chi connectivity index (χ2n) is 7.91. The molecule has 4 nitrogen and oxygen atoms in total. The summed E-state index contributed by atoms with van der Waals surface area (Å²) < 4.78 is 5.24. The summed E-state index contributed by atoms with van der Waals surface area (Å²) in [6.07, 6.45) is 7.94. The van der Waals surface area contributed by atoms with E-state index in [0.717, 1.165) is 37.0 Å². The van der Waals surface area contributed by atoms with Crippen LogP contribution in [0.15, 0.2) is 0 Å². The fraction of sp³-hybridized carbons (Fsp3) is 0.938. The minimum atomic E-state index is -0.835. The number of carbonyl (C=O) groups is 1. The molecule has 4 bridgehead atoms. The lowest BCUT2D eigenvalue weighted by Crippen LogP contribution is -2.55. The highest BCUT2D eigenvalue weighted by Crippen LogP contribution is 2.60. The van der Waals surface area contributed by atoms with E-state index in [9.17, 15) is 9.90 Å². The largest absolute Gasteiger partial charge is 0.386 e. The Morgan fingerprint density at radius 1 is 1.15 bits per heavy atom. The quantitative estimate of drug-likeness (QED) is 0.822. The zero-order chi connectivity index (χ0) is 13.8. The predicted molar refractivity (Wildman–Crippen MR) is 74.0 cm³/mol. The van der Waals surface area contributed by atoms with Gasteiger partial charge in [0.25, 0.3) is 0 Å². The first-order valence-corrected chi connectivity index (χ1v) is 8.15. The Bertz CT molecular complexity index is 379. The summed E-state index contributed by atoms with van der Waals surface area (Å²) in [6.45, 7) is 1.31. The molecule has 4 aliphatic carbocycles. The summed E-state index contributed by atoms with van der Waals surface area (Å²) in [4.78, 5) is 12.7. The van der Waals surface area contributed by atoms with E-state index in [1.807, 2.05) is 0 Å². The van der Waals surface area contributed by atoms with Gasteiger partial charge in [-0.05, 0) is 56.3 Å².